The van der Waals surface area contributed by atoms with Gasteiger partial charge in [-0.05, 0) is 36.8 Å². The van der Waals surface area contributed by atoms with Gasteiger partial charge in [0, 0.05) is 5.69 Å². The van der Waals surface area contributed by atoms with Crippen molar-refractivity contribution in [2.24, 2.45) is 0 Å². The molecule has 0 saturated heterocycles. The van der Waals surface area contributed by atoms with Gasteiger partial charge in [-0.15, -0.1) is 0 Å². The summed E-state index contributed by atoms with van der Waals surface area (Å²) < 4.78 is 11.3. The molecule has 20 heavy (non-hydrogen) atoms. The summed E-state index contributed by atoms with van der Waals surface area (Å²) in [5.41, 5.74) is 2.80. The maximum absolute atomic E-state index is 5.88. The first-order chi connectivity index (χ1) is 9.83. The van der Waals surface area contributed by atoms with Crippen LogP contribution < -0.4 is 4.74 Å². The van der Waals surface area contributed by atoms with E-state index in [1.165, 1.54) is 0 Å². The van der Waals surface area contributed by atoms with Gasteiger partial charge in [0.1, 0.15) is 18.1 Å². The lowest BCUT2D eigenvalue weighted by Crippen LogP contribution is -1.98. The van der Waals surface area contributed by atoms with E-state index < -0.39 is 0 Å². The van der Waals surface area contributed by atoms with Crippen LogP contribution in [0.3, 0.4) is 0 Å². The number of nitrogens with zero attached hydrogens (tertiary/aromatic N) is 1. The van der Waals surface area contributed by atoms with Gasteiger partial charge in [0.25, 0.3) is 0 Å². The molecule has 0 spiro atoms. The molecule has 0 N–H and O–H groups in total. The Morgan fingerprint density at radius 1 is 1.00 bits per heavy atom. The normalized spacial score (nSPS) is 10.4. The molecule has 100 valence electrons. The molecule has 0 bridgehead atoms. The standard InChI is InChI=1S/C17H15NO2/c1-13-9-10-16(17(18-13)15-8-5-11-19-15)20-12-14-6-3-2-4-7-14/h2-11H,12H2,1H3. The van der Waals surface area contributed by atoms with E-state index in [9.17, 15) is 0 Å². The molecule has 2 aromatic heterocycles. The number of aromatic nitrogens is 1. The average Bonchev–Trinajstić information content (AvgIpc) is 3.01. The first-order valence-corrected chi connectivity index (χ1v) is 6.51. The predicted octanol–water partition coefficient (Wildman–Crippen LogP) is 4.23. The van der Waals surface area contributed by atoms with Gasteiger partial charge in [0.05, 0.1) is 6.26 Å². The zero-order valence-electron chi connectivity index (χ0n) is 11.2. The summed E-state index contributed by atoms with van der Waals surface area (Å²) in [4.78, 5) is 4.51. The van der Waals surface area contributed by atoms with Crippen molar-refractivity contribution in [1.82, 2.24) is 4.98 Å². The highest BCUT2D eigenvalue weighted by Gasteiger charge is 2.11. The number of rotatable bonds is 4. The molecule has 0 atom stereocenters. The summed E-state index contributed by atoms with van der Waals surface area (Å²) >= 11 is 0. The smallest absolute Gasteiger partial charge is 0.156 e. The van der Waals surface area contributed by atoms with Crippen LogP contribution in [0.15, 0.2) is 65.3 Å². The summed E-state index contributed by atoms with van der Waals surface area (Å²) in [6.07, 6.45) is 1.64. The molecular formula is C17H15NO2. The molecule has 0 amide bonds. The SMILES string of the molecule is Cc1ccc(OCc2ccccc2)c(-c2ccco2)n1. The van der Waals surface area contributed by atoms with Gasteiger partial charge < -0.3 is 9.15 Å². The van der Waals surface area contributed by atoms with Crippen LogP contribution in [0.25, 0.3) is 11.5 Å². The quantitative estimate of drug-likeness (QED) is 0.708. The van der Waals surface area contributed by atoms with E-state index in [1.807, 2.05) is 61.5 Å². The Labute approximate surface area is 117 Å². The van der Waals surface area contributed by atoms with Gasteiger partial charge >= 0.3 is 0 Å². The molecular weight excluding hydrogens is 250 g/mol. The largest absolute Gasteiger partial charge is 0.486 e. The molecule has 3 nitrogen and oxygen atoms in total. The Morgan fingerprint density at radius 2 is 1.85 bits per heavy atom. The van der Waals surface area contributed by atoms with Crippen molar-refractivity contribution in [1.29, 1.82) is 0 Å². The van der Waals surface area contributed by atoms with Gasteiger partial charge in [-0.25, -0.2) is 4.98 Å². The number of benzene rings is 1. The van der Waals surface area contributed by atoms with Gasteiger partial charge in [-0.3, -0.25) is 0 Å². The molecule has 2 heterocycles. The Kier molecular flexibility index (Phi) is 3.50. The second-order valence-corrected chi connectivity index (χ2v) is 4.55. The average molecular weight is 265 g/mol. The van der Waals surface area contributed by atoms with E-state index in [-0.39, 0.29) is 0 Å². The molecule has 0 fully saturated rings. The first-order valence-electron chi connectivity index (χ1n) is 6.51. The number of ether oxygens (including phenoxy) is 1. The van der Waals surface area contributed by atoms with Crippen LogP contribution in [0.5, 0.6) is 5.75 Å². The topological polar surface area (TPSA) is 35.3 Å². The zero-order valence-corrected chi connectivity index (χ0v) is 11.2. The van der Waals surface area contributed by atoms with E-state index in [1.54, 1.807) is 6.26 Å². The van der Waals surface area contributed by atoms with Crippen LogP contribution in [-0.2, 0) is 6.61 Å². The summed E-state index contributed by atoms with van der Waals surface area (Å²) in [5.74, 6) is 1.45. The van der Waals surface area contributed by atoms with Crippen LogP contribution in [0, 0.1) is 6.92 Å². The molecule has 0 aliphatic rings. The van der Waals surface area contributed by atoms with Crippen LogP contribution in [0.4, 0.5) is 0 Å². The maximum Gasteiger partial charge on any atom is 0.156 e. The van der Waals surface area contributed by atoms with Crippen LogP contribution in [0.2, 0.25) is 0 Å². The van der Waals surface area contributed by atoms with Crippen molar-refractivity contribution in [3.05, 3.63) is 72.1 Å². The van der Waals surface area contributed by atoms with Gasteiger partial charge in [-0.2, -0.15) is 0 Å². The summed E-state index contributed by atoms with van der Waals surface area (Å²) in [7, 11) is 0. The lowest BCUT2D eigenvalue weighted by Gasteiger charge is -2.10. The molecule has 3 aromatic rings. The van der Waals surface area contributed by atoms with E-state index in [0.717, 1.165) is 28.5 Å². The van der Waals surface area contributed by atoms with Gasteiger partial charge in [-0.1, -0.05) is 30.3 Å². The Bertz CT molecular complexity index is 675. The van der Waals surface area contributed by atoms with E-state index in [4.69, 9.17) is 9.15 Å². The molecule has 0 aliphatic carbocycles. The maximum atomic E-state index is 5.88. The highest BCUT2D eigenvalue weighted by molar-refractivity contribution is 5.61. The van der Waals surface area contributed by atoms with Crippen LogP contribution >= 0.6 is 0 Å². The minimum Gasteiger partial charge on any atom is -0.486 e. The first kappa shape index (κ1) is 12.5. The lowest BCUT2D eigenvalue weighted by atomic mass is 10.2. The number of hydrogen-bond donors (Lipinski definition) is 0. The number of furan rings is 1. The molecule has 0 unspecified atom stereocenters. The molecule has 0 saturated carbocycles. The summed E-state index contributed by atoms with van der Waals surface area (Å²) in [6.45, 7) is 2.46. The second-order valence-electron chi connectivity index (χ2n) is 4.55. The fourth-order valence-corrected chi connectivity index (χ4v) is 1.99. The van der Waals surface area contributed by atoms with Crippen LogP contribution in [0.1, 0.15) is 11.3 Å². The highest BCUT2D eigenvalue weighted by atomic mass is 16.5. The fraction of sp³-hybridized carbons (Fsp3) is 0.118. The minimum atomic E-state index is 0.513. The van der Waals surface area contributed by atoms with E-state index in [0.29, 0.717) is 6.61 Å². The third kappa shape index (κ3) is 2.72. The third-order valence-corrected chi connectivity index (χ3v) is 2.99. The Hall–Kier alpha value is -2.55. The summed E-state index contributed by atoms with van der Waals surface area (Å²) in [5, 5.41) is 0. The Morgan fingerprint density at radius 3 is 2.60 bits per heavy atom. The van der Waals surface area contributed by atoms with E-state index >= 15 is 0 Å². The molecule has 3 rings (SSSR count). The molecule has 3 heteroatoms. The second kappa shape index (κ2) is 5.61. The third-order valence-electron chi connectivity index (χ3n) is 2.99. The zero-order chi connectivity index (χ0) is 13.8. The highest BCUT2D eigenvalue weighted by Crippen LogP contribution is 2.29. The van der Waals surface area contributed by atoms with Crippen molar-refractivity contribution in [3.8, 4) is 17.2 Å². The predicted molar refractivity (Wildman–Crippen MR) is 77.5 cm³/mol. The number of aryl methyl sites for hydroxylation is 1. The lowest BCUT2D eigenvalue weighted by molar-refractivity contribution is 0.305. The van der Waals surface area contributed by atoms with Crippen molar-refractivity contribution in [3.63, 3.8) is 0 Å². The van der Waals surface area contributed by atoms with Crippen molar-refractivity contribution in [2.75, 3.05) is 0 Å². The Balaban J connectivity index is 1.86. The molecule has 1 aromatic carbocycles. The van der Waals surface area contributed by atoms with Gasteiger partial charge in [0.2, 0.25) is 0 Å². The minimum absolute atomic E-state index is 0.513. The summed E-state index contributed by atoms with van der Waals surface area (Å²) in [6, 6.07) is 17.7. The van der Waals surface area contributed by atoms with E-state index in [2.05, 4.69) is 4.98 Å². The molecule has 0 radical (unpaired) electrons. The van der Waals surface area contributed by atoms with Crippen LogP contribution in [-0.4, -0.2) is 4.98 Å². The van der Waals surface area contributed by atoms with Crippen molar-refractivity contribution >= 4 is 0 Å². The van der Waals surface area contributed by atoms with Gasteiger partial charge in [0.15, 0.2) is 5.76 Å². The van der Waals surface area contributed by atoms with Crippen molar-refractivity contribution < 1.29 is 9.15 Å². The number of pyridine rings is 1. The monoisotopic (exact) mass is 265 g/mol. The fourth-order valence-electron chi connectivity index (χ4n) is 1.99. The number of hydrogen-bond acceptors (Lipinski definition) is 3. The van der Waals surface area contributed by atoms with Crippen molar-refractivity contribution in [2.45, 2.75) is 13.5 Å². The molecule has 0 aliphatic heterocycles.